The zero-order chi connectivity index (χ0) is 26.1. The monoisotopic (exact) mass is 523 g/mol. The van der Waals surface area contributed by atoms with Gasteiger partial charge in [0.25, 0.3) is 0 Å². The first kappa shape index (κ1) is 28.5. The van der Waals surface area contributed by atoms with E-state index in [1.54, 1.807) is 4.90 Å². The Morgan fingerprint density at radius 1 is 0.703 bits per heavy atom. The van der Waals surface area contributed by atoms with E-state index in [0.29, 0.717) is 25.5 Å². The molecule has 0 saturated heterocycles. The summed E-state index contributed by atoms with van der Waals surface area (Å²) in [6.45, 7) is 1.48. The van der Waals surface area contributed by atoms with Crippen LogP contribution in [0.1, 0.15) is 56.9 Å². The number of rotatable bonds is 17. The Bertz CT molecular complexity index is 1030. The first-order valence-corrected chi connectivity index (χ1v) is 13.7. The predicted octanol–water partition coefficient (Wildman–Crippen LogP) is 7.74. The van der Waals surface area contributed by atoms with Gasteiger partial charge >= 0.3 is 0 Å². The third-order valence-electron chi connectivity index (χ3n) is 6.13. The van der Waals surface area contributed by atoms with Crippen molar-refractivity contribution < 1.29 is 19.4 Å². The zero-order valence-corrected chi connectivity index (χ0v) is 22.2. The first-order chi connectivity index (χ1) is 18.2. The maximum absolute atomic E-state index is 12.5. The third-order valence-corrected chi connectivity index (χ3v) is 6.36. The summed E-state index contributed by atoms with van der Waals surface area (Å²) in [7, 11) is 0. The van der Waals surface area contributed by atoms with E-state index in [1.165, 1.54) is 32.1 Å². The fourth-order valence-corrected chi connectivity index (χ4v) is 4.20. The van der Waals surface area contributed by atoms with Gasteiger partial charge in [-0.1, -0.05) is 68.9 Å². The number of aliphatic hydroxyl groups is 1. The van der Waals surface area contributed by atoms with Gasteiger partial charge in [-0.15, -0.1) is 11.6 Å². The number of unbranched alkanes of at least 4 members (excludes halogenated alkanes) is 7. The number of carbonyl (C=O) groups is 1. The summed E-state index contributed by atoms with van der Waals surface area (Å²) in [5, 5.41) is 8.79. The Labute approximate surface area is 226 Å². The van der Waals surface area contributed by atoms with E-state index in [1.807, 2.05) is 78.9 Å². The van der Waals surface area contributed by atoms with Crippen LogP contribution >= 0.6 is 11.6 Å². The maximum Gasteiger partial charge on any atom is 0.242 e. The smallest absolute Gasteiger partial charge is 0.242 e. The molecule has 0 unspecified atom stereocenters. The van der Waals surface area contributed by atoms with Gasteiger partial charge in [-0.2, -0.15) is 0 Å². The lowest BCUT2D eigenvalue weighted by atomic mass is 10.1. The molecular formula is C31H38ClNO4. The normalized spacial score (nSPS) is 10.8. The zero-order valence-electron chi connectivity index (χ0n) is 21.5. The summed E-state index contributed by atoms with van der Waals surface area (Å²) in [6, 6.07) is 24.9. The van der Waals surface area contributed by atoms with Gasteiger partial charge in [0.15, 0.2) is 0 Å². The molecule has 0 aliphatic carbocycles. The minimum absolute atomic E-state index is 0.0777. The second-order valence-electron chi connectivity index (χ2n) is 9.07. The summed E-state index contributed by atoms with van der Waals surface area (Å²) in [6.07, 6.45) is 9.25. The Morgan fingerprint density at radius 2 is 1.24 bits per heavy atom. The molecule has 0 spiro atoms. The molecule has 3 aromatic rings. The summed E-state index contributed by atoms with van der Waals surface area (Å²) in [5.41, 5.74) is 1.81. The van der Waals surface area contributed by atoms with Crippen molar-refractivity contribution in [3.8, 4) is 17.2 Å². The Morgan fingerprint density at radius 3 is 1.84 bits per heavy atom. The summed E-state index contributed by atoms with van der Waals surface area (Å²) in [5.74, 6) is 2.02. The summed E-state index contributed by atoms with van der Waals surface area (Å²) >= 11 is 5.86. The summed E-state index contributed by atoms with van der Waals surface area (Å²) < 4.78 is 11.8. The van der Waals surface area contributed by atoms with Crippen molar-refractivity contribution in [1.29, 1.82) is 0 Å². The van der Waals surface area contributed by atoms with Crippen LogP contribution in [0.3, 0.4) is 0 Å². The van der Waals surface area contributed by atoms with E-state index in [9.17, 15) is 4.79 Å². The lowest BCUT2D eigenvalue weighted by Gasteiger charge is -2.22. The minimum Gasteiger partial charge on any atom is -0.494 e. The number of amides is 1. The van der Waals surface area contributed by atoms with Gasteiger partial charge in [0.05, 0.1) is 13.2 Å². The molecular weight excluding hydrogens is 486 g/mol. The highest BCUT2D eigenvalue weighted by molar-refractivity contribution is 6.29. The number of carbonyl (C=O) groups excluding carboxylic acids is 1. The van der Waals surface area contributed by atoms with Gasteiger partial charge in [0.1, 0.15) is 23.1 Å². The number of hydrogen-bond donors (Lipinski definition) is 1. The highest BCUT2D eigenvalue weighted by Gasteiger charge is 2.15. The van der Waals surface area contributed by atoms with Crippen LogP contribution in [0.15, 0.2) is 78.9 Å². The van der Waals surface area contributed by atoms with Crippen molar-refractivity contribution in [1.82, 2.24) is 0 Å². The Hall–Kier alpha value is -3.02. The second-order valence-corrected chi connectivity index (χ2v) is 9.33. The van der Waals surface area contributed by atoms with Crippen LogP contribution in [0.2, 0.25) is 0 Å². The number of hydrogen-bond acceptors (Lipinski definition) is 4. The lowest BCUT2D eigenvalue weighted by molar-refractivity contribution is -0.116. The quantitative estimate of drug-likeness (QED) is 0.145. The van der Waals surface area contributed by atoms with E-state index in [0.717, 1.165) is 42.0 Å². The third kappa shape index (κ3) is 10.5. The van der Waals surface area contributed by atoms with E-state index < -0.39 is 0 Å². The van der Waals surface area contributed by atoms with Gasteiger partial charge in [-0.05, 0) is 66.9 Å². The molecule has 0 bridgehead atoms. The van der Waals surface area contributed by atoms with Crippen LogP contribution in [0.5, 0.6) is 17.2 Å². The molecule has 6 heteroatoms. The average molecular weight is 524 g/mol. The molecule has 0 radical (unpaired) electrons. The number of alkyl halides is 1. The topological polar surface area (TPSA) is 59.0 Å². The molecule has 3 aromatic carbocycles. The van der Waals surface area contributed by atoms with Crippen LogP contribution in [0, 0.1) is 0 Å². The van der Waals surface area contributed by atoms with Gasteiger partial charge in [0.2, 0.25) is 5.91 Å². The largest absolute Gasteiger partial charge is 0.494 e. The van der Waals surface area contributed by atoms with E-state index in [4.69, 9.17) is 26.2 Å². The number of ether oxygens (including phenoxy) is 2. The van der Waals surface area contributed by atoms with Crippen molar-refractivity contribution in [2.75, 3.05) is 24.0 Å². The van der Waals surface area contributed by atoms with Crippen LogP contribution in [0.25, 0.3) is 0 Å². The van der Waals surface area contributed by atoms with Crippen LogP contribution in [-0.4, -0.2) is 30.1 Å². The van der Waals surface area contributed by atoms with Crippen LogP contribution < -0.4 is 14.4 Å². The minimum atomic E-state index is -0.149. The number of anilines is 1. The van der Waals surface area contributed by atoms with Crippen molar-refractivity contribution >= 4 is 23.2 Å². The lowest BCUT2D eigenvalue weighted by Crippen LogP contribution is -2.31. The SMILES string of the molecule is O=C(CCl)N(Cc1ccccc1)c1ccc(Oc2ccc(OCCCCCCCCCCO)cc2)cc1. The van der Waals surface area contributed by atoms with Crippen molar-refractivity contribution in [3.63, 3.8) is 0 Å². The van der Waals surface area contributed by atoms with Crippen molar-refractivity contribution in [2.24, 2.45) is 0 Å². The Kier molecular flexibility index (Phi) is 12.9. The highest BCUT2D eigenvalue weighted by Crippen LogP contribution is 2.27. The second kappa shape index (κ2) is 16.7. The van der Waals surface area contributed by atoms with Gasteiger partial charge < -0.3 is 19.5 Å². The molecule has 3 rings (SSSR count). The fraction of sp³-hybridized carbons (Fsp3) is 0.387. The fourth-order valence-electron chi connectivity index (χ4n) is 4.06. The van der Waals surface area contributed by atoms with Gasteiger partial charge in [-0.3, -0.25) is 4.79 Å². The van der Waals surface area contributed by atoms with Crippen LogP contribution in [-0.2, 0) is 11.3 Å². The molecule has 0 heterocycles. The molecule has 0 fully saturated rings. The van der Waals surface area contributed by atoms with E-state index in [-0.39, 0.29) is 11.8 Å². The summed E-state index contributed by atoms with van der Waals surface area (Å²) in [4.78, 5) is 14.1. The molecule has 1 N–H and O–H groups in total. The standard InChI is InChI=1S/C31H38ClNO4/c32-24-31(35)33(25-26-12-8-7-9-13-26)27-14-16-29(17-15-27)37-30-20-18-28(19-21-30)36-23-11-6-4-2-1-3-5-10-22-34/h7-9,12-21,34H,1-6,10-11,22-25H2. The molecule has 1 amide bonds. The maximum atomic E-state index is 12.5. The molecule has 5 nitrogen and oxygen atoms in total. The predicted molar refractivity (Wildman–Crippen MR) is 151 cm³/mol. The molecule has 0 saturated carbocycles. The first-order valence-electron chi connectivity index (χ1n) is 13.2. The van der Waals surface area contributed by atoms with Crippen molar-refractivity contribution in [2.45, 2.75) is 57.9 Å². The number of halogens is 1. The van der Waals surface area contributed by atoms with Crippen molar-refractivity contribution in [3.05, 3.63) is 84.4 Å². The molecule has 37 heavy (non-hydrogen) atoms. The van der Waals surface area contributed by atoms with Gasteiger partial charge in [0, 0.05) is 12.3 Å². The highest BCUT2D eigenvalue weighted by atomic mass is 35.5. The average Bonchev–Trinajstić information content (AvgIpc) is 2.94. The number of benzene rings is 3. The molecule has 0 aliphatic heterocycles. The number of aliphatic hydroxyl groups excluding tert-OH is 1. The molecule has 0 aliphatic rings. The van der Waals surface area contributed by atoms with E-state index in [2.05, 4.69) is 0 Å². The number of nitrogens with zero attached hydrogens (tertiary/aromatic N) is 1. The van der Waals surface area contributed by atoms with E-state index >= 15 is 0 Å². The molecule has 198 valence electrons. The molecule has 0 aromatic heterocycles. The molecule has 0 atom stereocenters. The van der Waals surface area contributed by atoms with Crippen LogP contribution in [0.4, 0.5) is 5.69 Å². The Balaban J connectivity index is 1.42. The van der Waals surface area contributed by atoms with Gasteiger partial charge in [-0.25, -0.2) is 0 Å².